The number of hydrogen-bond acceptors (Lipinski definition) is 3. The number of hydrogen-bond donors (Lipinski definition) is 1. The van der Waals surface area contributed by atoms with Crippen molar-refractivity contribution in [2.75, 3.05) is 13.1 Å². The zero-order valence-electron chi connectivity index (χ0n) is 15.2. The van der Waals surface area contributed by atoms with E-state index in [1.807, 2.05) is 17.9 Å². The molecule has 0 saturated carbocycles. The van der Waals surface area contributed by atoms with Crippen molar-refractivity contribution in [1.82, 2.24) is 9.88 Å². The highest BCUT2D eigenvalue weighted by atomic mass is 35.5. The number of benzene rings is 1. The topological polar surface area (TPSA) is 53.4 Å². The van der Waals surface area contributed by atoms with Gasteiger partial charge in [0.2, 0.25) is 0 Å². The van der Waals surface area contributed by atoms with Crippen LogP contribution in [0.25, 0.3) is 0 Å². The quantitative estimate of drug-likeness (QED) is 0.772. The van der Waals surface area contributed by atoms with E-state index in [1.165, 1.54) is 6.07 Å². The third kappa shape index (κ3) is 4.31. The number of aromatic nitrogens is 1. The minimum atomic E-state index is -4.51. The standard InChI is InChI=1S/C20H20ClF3N2O2/c1-12-4-2-8-25-17(12)18(26-9-3-5-13(11-26)19(27)28)15-10-14(20(22,23)24)6-7-16(15)21/h2,4,6-8,10,13,18H,3,5,9,11H2,1H3,(H,27,28). The van der Waals surface area contributed by atoms with Crippen molar-refractivity contribution in [3.63, 3.8) is 0 Å². The average molecular weight is 413 g/mol. The maximum atomic E-state index is 13.3. The summed E-state index contributed by atoms with van der Waals surface area (Å²) in [5, 5.41) is 9.62. The van der Waals surface area contributed by atoms with Gasteiger partial charge in [0.05, 0.1) is 23.2 Å². The van der Waals surface area contributed by atoms with Gasteiger partial charge in [0.25, 0.3) is 0 Å². The lowest BCUT2D eigenvalue weighted by Crippen LogP contribution is -2.41. The predicted molar refractivity (Wildman–Crippen MR) is 99.2 cm³/mol. The molecule has 1 N–H and O–H groups in total. The summed E-state index contributed by atoms with van der Waals surface area (Å²) in [6, 6.07) is 6.16. The zero-order chi connectivity index (χ0) is 20.5. The fourth-order valence-electron chi connectivity index (χ4n) is 3.67. The molecule has 1 aromatic carbocycles. The van der Waals surface area contributed by atoms with Crippen LogP contribution in [0.3, 0.4) is 0 Å². The molecule has 1 aliphatic heterocycles. The molecule has 2 aromatic rings. The number of piperidine rings is 1. The average Bonchev–Trinajstić information content (AvgIpc) is 2.64. The van der Waals surface area contributed by atoms with E-state index in [0.717, 1.165) is 17.7 Å². The molecule has 0 bridgehead atoms. The first kappa shape index (κ1) is 20.6. The van der Waals surface area contributed by atoms with Crippen molar-refractivity contribution in [2.45, 2.75) is 32.0 Å². The van der Waals surface area contributed by atoms with Crippen LogP contribution in [-0.2, 0) is 11.0 Å². The fourth-order valence-corrected chi connectivity index (χ4v) is 3.89. The lowest BCUT2D eigenvalue weighted by Gasteiger charge is -2.38. The van der Waals surface area contributed by atoms with Gasteiger partial charge in [0, 0.05) is 17.8 Å². The van der Waals surface area contributed by atoms with Crippen LogP contribution in [0.1, 0.15) is 41.3 Å². The highest BCUT2D eigenvalue weighted by Gasteiger charge is 2.36. The SMILES string of the molecule is Cc1cccnc1C(c1cc(C(F)(F)F)ccc1Cl)N1CCCC(C(=O)O)C1. The van der Waals surface area contributed by atoms with E-state index in [-0.39, 0.29) is 17.1 Å². The summed E-state index contributed by atoms with van der Waals surface area (Å²) < 4.78 is 39.9. The number of pyridine rings is 1. The Kier molecular flexibility index (Phi) is 5.95. The van der Waals surface area contributed by atoms with Gasteiger partial charge in [0.15, 0.2) is 0 Å². The Bertz CT molecular complexity index is 873. The van der Waals surface area contributed by atoms with E-state index in [4.69, 9.17) is 11.6 Å². The Morgan fingerprint density at radius 3 is 2.75 bits per heavy atom. The normalized spacial score (nSPS) is 19.4. The summed E-state index contributed by atoms with van der Waals surface area (Å²) in [4.78, 5) is 17.8. The lowest BCUT2D eigenvalue weighted by atomic mass is 9.91. The molecule has 2 atom stereocenters. The maximum absolute atomic E-state index is 13.3. The van der Waals surface area contributed by atoms with E-state index in [1.54, 1.807) is 12.3 Å². The van der Waals surface area contributed by atoms with Gasteiger partial charge in [0.1, 0.15) is 0 Å². The van der Waals surface area contributed by atoms with Crippen molar-refractivity contribution in [3.8, 4) is 0 Å². The number of carboxylic acid groups (broad SMARTS) is 1. The second kappa shape index (κ2) is 8.09. The molecule has 150 valence electrons. The Labute approximate surface area is 166 Å². The van der Waals surface area contributed by atoms with Crippen LogP contribution in [0.5, 0.6) is 0 Å². The highest BCUT2D eigenvalue weighted by Crippen LogP contribution is 2.39. The molecule has 0 radical (unpaired) electrons. The van der Waals surface area contributed by atoms with Gasteiger partial charge in [-0.1, -0.05) is 17.7 Å². The number of alkyl halides is 3. The molecule has 2 heterocycles. The van der Waals surface area contributed by atoms with Crippen molar-refractivity contribution in [2.24, 2.45) is 5.92 Å². The van der Waals surface area contributed by atoms with E-state index >= 15 is 0 Å². The fraction of sp³-hybridized carbons (Fsp3) is 0.400. The number of nitrogens with zero attached hydrogens (tertiary/aromatic N) is 2. The van der Waals surface area contributed by atoms with E-state index < -0.39 is 29.7 Å². The highest BCUT2D eigenvalue weighted by molar-refractivity contribution is 6.31. The van der Waals surface area contributed by atoms with Crippen LogP contribution in [0.4, 0.5) is 13.2 Å². The maximum Gasteiger partial charge on any atom is 0.416 e. The molecule has 0 amide bonds. The van der Waals surface area contributed by atoms with Gasteiger partial charge in [-0.15, -0.1) is 0 Å². The van der Waals surface area contributed by atoms with Gasteiger partial charge >= 0.3 is 12.1 Å². The molecule has 4 nitrogen and oxygen atoms in total. The Balaban J connectivity index is 2.13. The predicted octanol–water partition coefficient (Wildman–Crippen LogP) is 4.95. The second-order valence-electron chi connectivity index (χ2n) is 7.01. The van der Waals surface area contributed by atoms with Crippen molar-refractivity contribution in [3.05, 3.63) is 63.9 Å². The van der Waals surface area contributed by atoms with E-state index in [0.29, 0.717) is 25.1 Å². The first-order valence-corrected chi connectivity index (χ1v) is 9.31. The Morgan fingerprint density at radius 2 is 2.11 bits per heavy atom. The third-order valence-electron chi connectivity index (χ3n) is 5.09. The van der Waals surface area contributed by atoms with Gasteiger partial charge in [-0.2, -0.15) is 13.2 Å². The molecular formula is C20H20ClF3N2O2. The Hall–Kier alpha value is -2.12. The van der Waals surface area contributed by atoms with E-state index in [9.17, 15) is 23.1 Å². The third-order valence-corrected chi connectivity index (χ3v) is 5.44. The number of halogens is 4. The first-order chi connectivity index (χ1) is 13.2. The van der Waals surface area contributed by atoms with Crippen LogP contribution in [0.2, 0.25) is 5.02 Å². The number of aliphatic carboxylic acids is 1. The summed E-state index contributed by atoms with van der Waals surface area (Å²) >= 11 is 6.32. The molecule has 1 saturated heterocycles. The van der Waals surface area contributed by atoms with Crippen LogP contribution >= 0.6 is 11.6 Å². The molecule has 0 aliphatic carbocycles. The lowest BCUT2D eigenvalue weighted by molar-refractivity contribution is -0.143. The van der Waals surface area contributed by atoms with Gasteiger partial charge in [-0.05, 0) is 61.7 Å². The summed E-state index contributed by atoms with van der Waals surface area (Å²) in [6.45, 7) is 2.61. The zero-order valence-corrected chi connectivity index (χ0v) is 16.0. The molecule has 8 heteroatoms. The van der Waals surface area contributed by atoms with Gasteiger partial charge in [-0.25, -0.2) is 0 Å². The summed E-state index contributed by atoms with van der Waals surface area (Å²) in [6.07, 6.45) is -1.75. The molecular weight excluding hydrogens is 393 g/mol. The van der Waals surface area contributed by atoms with Crippen molar-refractivity contribution < 1.29 is 23.1 Å². The van der Waals surface area contributed by atoms with Crippen LogP contribution in [0.15, 0.2) is 36.5 Å². The number of rotatable bonds is 4. The second-order valence-corrected chi connectivity index (χ2v) is 7.42. The van der Waals surface area contributed by atoms with Crippen LogP contribution in [0, 0.1) is 12.8 Å². The molecule has 28 heavy (non-hydrogen) atoms. The monoisotopic (exact) mass is 412 g/mol. The largest absolute Gasteiger partial charge is 0.481 e. The molecule has 2 unspecified atom stereocenters. The summed E-state index contributed by atoms with van der Waals surface area (Å²) in [5.74, 6) is -1.49. The summed E-state index contributed by atoms with van der Waals surface area (Å²) in [7, 11) is 0. The number of carboxylic acids is 1. The van der Waals surface area contributed by atoms with Gasteiger partial charge < -0.3 is 5.11 Å². The molecule has 0 spiro atoms. The number of aryl methyl sites for hydroxylation is 1. The molecule has 3 rings (SSSR count). The van der Waals surface area contributed by atoms with Crippen LogP contribution < -0.4 is 0 Å². The number of carbonyl (C=O) groups is 1. The summed E-state index contributed by atoms with van der Waals surface area (Å²) in [5.41, 5.74) is 0.870. The number of likely N-dealkylation sites (tertiary alicyclic amines) is 1. The van der Waals surface area contributed by atoms with E-state index in [2.05, 4.69) is 4.98 Å². The smallest absolute Gasteiger partial charge is 0.416 e. The molecule has 1 aliphatic rings. The minimum absolute atomic E-state index is 0.195. The van der Waals surface area contributed by atoms with Crippen molar-refractivity contribution >= 4 is 17.6 Å². The van der Waals surface area contributed by atoms with Gasteiger partial charge in [-0.3, -0.25) is 14.7 Å². The minimum Gasteiger partial charge on any atom is -0.481 e. The van der Waals surface area contributed by atoms with Crippen LogP contribution in [-0.4, -0.2) is 34.0 Å². The van der Waals surface area contributed by atoms with Crippen molar-refractivity contribution in [1.29, 1.82) is 0 Å². The molecule has 1 fully saturated rings. The first-order valence-electron chi connectivity index (χ1n) is 8.93. The molecule has 1 aromatic heterocycles. The Morgan fingerprint density at radius 1 is 1.36 bits per heavy atom.